The third kappa shape index (κ3) is 5.06. The molecule has 3 heterocycles. The predicted octanol–water partition coefficient (Wildman–Crippen LogP) is 0.259. The van der Waals surface area contributed by atoms with Crippen molar-refractivity contribution in [1.29, 1.82) is 0 Å². The number of amides is 2. The van der Waals surface area contributed by atoms with Crippen LogP contribution in [0.2, 0.25) is 0 Å². The van der Waals surface area contributed by atoms with Gasteiger partial charge in [-0.3, -0.25) is 9.59 Å². The Morgan fingerprint density at radius 2 is 2.10 bits per heavy atom. The first-order valence-corrected chi connectivity index (χ1v) is 9.23. The quantitative estimate of drug-likeness (QED) is 0.518. The second-order valence-corrected chi connectivity index (χ2v) is 6.69. The van der Waals surface area contributed by atoms with Crippen LogP contribution in [0.5, 0.6) is 11.5 Å². The molecular weight excluding hydrogens is 396 g/mol. The number of hydrogen-bond acceptors (Lipinski definition) is 7. The van der Waals surface area contributed by atoms with Crippen LogP contribution in [0.25, 0.3) is 0 Å². The molecular formula is C19H22N4O7. The number of aliphatic hydroxyl groups excluding tert-OH is 1. The summed E-state index contributed by atoms with van der Waals surface area (Å²) in [6.07, 6.45) is 1.25. The summed E-state index contributed by atoms with van der Waals surface area (Å²) >= 11 is 0. The topological polar surface area (TPSA) is 154 Å². The average Bonchev–Trinajstić information content (AvgIpc) is 3.20. The van der Waals surface area contributed by atoms with E-state index in [1.54, 1.807) is 4.90 Å². The van der Waals surface area contributed by atoms with Crippen LogP contribution >= 0.6 is 0 Å². The molecule has 2 aliphatic rings. The molecule has 0 saturated carbocycles. The van der Waals surface area contributed by atoms with Crippen molar-refractivity contribution in [1.82, 2.24) is 20.2 Å². The number of rotatable bonds is 3. The first-order valence-electron chi connectivity index (χ1n) is 9.23. The Morgan fingerprint density at radius 3 is 2.83 bits per heavy atom. The largest absolute Gasteiger partial charge is 0.483 e. The molecule has 0 aliphatic carbocycles. The van der Waals surface area contributed by atoms with Crippen LogP contribution in [0.1, 0.15) is 23.6 Å². The lowest BCUT2D eigenvalue weighted by Crippen LogP contribution is -2.49. The van der Waals surface area contributed by atoms with Gasteiger partial charge >= 0.3 is 6.03 Å². The van der Waals surface area contributed by atoms with Crippen LogP contribution in [0, 0.1) is 0 Å². The Morgan fingerprint density at radius 1 is 1.33 bits per heavy atom. The molecule has 30 heavy (non-hydrogen) atoms. The SMILES string of the molecule is O=C(NCc1cc(=O)[nH]cn1)N1CC[C@@H](c2ccc3c(c2)OCO3)[C@H](O)C1.O=CO. The van der Waals surface area contributed by atoms with Crippen molar-refractivity contribution in [2.24, 2.45) is 0 Å². The van der Waals surface area contributed by atoms with Crippen LogP contribution in [0.15, 0.2) is 35.4 Å². The van der Waals surface area contributed by atoms with Gasteiger partial charge in [0.25, 0.3) is 12.0 Å². The van der Waals surface area contributed by atoms with Crippen LogP contribution < -0.4 is 20.3 Å². The smallest absolute Gasteiger partial charge is 0.317 e. The molecule has 4 N–H and O–H groups in total. The van der Waals surface area contributed by atoms with E-state index in [4.69, 9.17) is 19.4 Å². The minimum absolute atomic E-state index is 0.0714. The summed E-state index contributed by atoms with van der Waals surface area (Å²) < 4.78 is 10.7. The molecule has 2 atom stereocenters. The summed E-state index contributed by atoms with van der Waals surface area (Å²) in [5.74, 6) is 1.32. The highest BCUT2D eigenvalue weighted by atomic mass is 16.7. The van der Waals surface area contributed by atoms with E-state index in [9.17, 15) is 14.7 Å². The molecule has 1 aromatic heterocycles. The van der Waals surface area contributed by atoms with Gasteiger partial charge in [-0.2, -0.15) is 0 Å². The molecule has 11 heteroatoms. The van der Waals surface area contributed by atoms with Crippen LogP contribution in [-0.2, 0) is 11.3 Å². The summed E-state index contributed by atoms with van der Waals surface area (Å²) in [6.45, 7) is 0.863. The van der Waals surface area contributed by atoms with E-state index in [2.05, 4.69) is 15.3 Å². The van der Waals surface area contributed by atoms with E-state index in [1.165, 1.54) is 12.4 Å². The molecule has 2 aromatic rings. The van der Waals surface area contributed by atoms with Crippen molar-refractivity contribution in [2.45, 2.75) is 25.0 Å². The van der Waals surface area contributed by atoms with Gasteiger partial charge in [0.05, 0.1) is 24.7 Å². The van der Waals surface area contributed by atoms with Crippen LogP contribution in [0.4, 0.5) is 4.79 Å². The number of aromatic nitrogens is 2. The van der Waals surface area contributed by atoms with Gasteiger partial charge in [0.1, 0.15) is 0 Å². The van der Waals surface area contributed by atoms with Gasteiger partial charge in [0, 0.05) is 25.1 Å². The average molecular weight is 418 g/mol. The number of aromatic amines is 1. The predicted molar refractivity (Wildman–Crippen MR) is 103 cm³/mol. The Hall–Kier alpha value is -3.60. The lowest BCUT2D eigenvalue weighted by molar-refractivity contribution is -0.122. The molecule has 1 saturated heterocycles. The fraction of sp³-hybridized carbons (Fsp3) is 0.368. The standard InChI is InChI=1S/C18H20N4O5.CH2O2/c23-14-8-22(18(25)19-7-12-6-17(24)21-9-20-12)4-3-13(14)11-1-2-15-16(5-11)27-10-26-15;2-1-3/h1-2,5-6,9,13-14,23H,3-4,7-8,10H2,(H,19,25)(H,20,21,24);1H,(H,2,3)/t13-,14+;/m0./s1. The van der Waals surface area contributed by atoms with Crippen molar-refractivity contribution in [3.05, 3.63) is 52.2 Å². The Labute approximate surface area is 171 Å². The molecule has 11 nitrogen and oxygen atoms in total. The number of aliphatic hydroxyl groups is 1. The third-order valence-electron chi connectivity index (χ3n) is 4.85. The maximum absolute atomic E-state index is 12.4. The minimum Gasteiger partial charge on any atom is -0.483 e. The molecule has 2 aliphatic heterocycles. The zero-order valence-electron chi connectivity index (χ0n) is 16.0. The van der Waals surface area contributed by atoms with Crippen molar-refractivity contribution in [3.63, 3.8) is 0 Å². The second kappa shape index (κ2) is 9.74. The van der Waals surface area contributed by atoms with Gasteiger partial charge in [-0.05, 0) is 24.1 Å². The molecule has 1 fully saturated rings. The van der Waals surface area contributed by atoms with Gasteiger partial charge in [0.2, 0.25) is 6.79 Å². The zero-order chi connectivity index (χ0) is 21.5. The first kappa shape index (κ1) is 21.1. The number of carbonyl (C=O) groups is 2. The van der Waals surface area contributed by atoms with E-state index in [1.807, 2.05) is 18.2 Å². The highest BCUT2D eigenvalue weighted by Crippen LogP contribution is 2.37. The molecule has 160 valence electrons. The number of ether oxygens (including phenoxy) is 2. The first-order chi connectivity index (χ1) is 14.5. The number of H-pyrrole nitrogens is 1. The second-order valence-electron chi connectivity index (χ2n) is 6.69. The molecule has 2 amide bonds. The number of urea groups is 1. The molecule has 0 radical (unpaired) electrons. The molecule has 1 aromatic carbocycles. The molecule has 0 unspecified atom stereocenters. The number of β-amino-alcohol motifs (C(OH)–C–C–N with tert-alkyl or cyclic N) is 1. The summed E-state index contributed by atoms with van der Waals surface area (Å²) in [5, 5.41) is 20.2. The number of carboxylic acid groups (broad SMARTS) is 1. The number of nitrogens with zero attached hydrogens (tertiary/aromatic N) is 2. The van der Waals surface area contributed by atoms with E-state index in [0.717, 1.165) is 5.56 Å². The summed E-state index contributed by atoms with van der Waals surface area (Å²) in [5.41, 5.74) is 1.18. The highest BCUT2D eigenvalue weighted by Gasteiger charge is 2.32. The monoisotopic (exact) mass is 418 g/mol. The van der Waals surface area contributed by atoms with E-state index in [-0.39, 0.29) is 43.9 Å². The van der Waals surface area contributed by atoms with Gasteiger partial charge in [-0.1, -0.05) is 6.07 Å². The highest BCUT2D eigenvalue weighted by molar-refractivity contribution is 5.74. The molecule has 4 rings (SSSR count). The Bertz CT molecular complexity index is 948. The van der Waals surface area contributed by atoms with Gasteiger partial charge < -0.3 is 34.9 Å². The molecule has 0 spiro atoms. The lowest BCUT2D eigenvalue weighted by Gasteiger charge is -2.36. The zero-order valence-corrected chi connectivity index (χ0v) is 16.0. The van der Waals surface area contributed by atoms with Crippen molar-refractivity contribution in [2.75, 3.05) is 19.9 Å². The number of likely N-dealkylation sites (tertiary alicyclic amines) is 1. The number of hydrogen-bond donors (Lipinski definition) is 4. The van der Waals surface area contributed by atoms with Gasteiger partial charge in [0.15, 0.2) is 11.5 Å². The maximum atomic E-state index is 12.4. The van der Waals surface area contributed by atoms with Crippen molar-refractivity contribution < 1.29 is 29.3 Å². The van der Waals surface area contributed by atoms with Gasteiger partial charge in [-0.25, -0.2) is 9.78 Å². The number of piperidine rings is 1. The third-order valence-corrected chi connectivity index (χ3v) is 4.85. The lowest BCUT2D eigenvalue weighted by atomic mass is 9.87. The van der Waals surface area contributed by atoms with Gasteiger partial charge in [-0.15, -0.1) is 0 Å². The fourth-order valence-corrected chi connectivity index (χ4v) is 3.43. The Balaban J connectivity index is 0.000000806. The summed E-state index contributed by atoms with van der Waals surface area (Å²) in [6, 6.07) is 6.71. The van der Waals surface area contributed by atoms with Crippen LogP contribution in [0.3, 0.4) is 0 Å². The van der Waals surface area contributed by atoms with Crippen LogP contribution in [-0.4, -0.2) is 63.6 Å². The van der Waals surface area contributed by atoms with E-state index >= 15 is 0 Å². The maximum Gasteiger partial charge on any atom is 0.317 e. The molecule has 0 bridgehead atoms. The minimum atomic E-state index is -0.678. The van der Waals surface area contributed by atoms with Crippen molar-refractivity contribution in [3.8, 4) is 11.5 Å². The van der Waals surface area contributed by atoms with E-state index in [0.29, 0.717) is 30.2 Å². The number of carbonyl (C=O) groups excluding carboxylic acids is 1. The number of benzene rings is 1. The summed E-state index contributed by atoms with van der Waals surface area (Å²) in [4.78, 5) is 40.0. The fourth-order valence-electron chi connectivity index (χ4n) is 3.43. The van der Waals surface area contributed by atoms with Crippen molar-refractivity contribution >= 4 is 12.5 Å². The summed E-state index contributed by atoms with van der Waals surface area (Å²) in [7, 11) is 0. The normalized spacial score (nSPS) is 19.4. The van der Waals surface area contributed by atoms with E-state index < -0.39 is 6.10 Å². The number of nitrogens with one attached hydrogen (secondary N) is 2. The number of fused-ring (bicyclic) bond motifs is 1. The Kier molecular flexibility index (Phi) is 6.86.